The van der Waals surface area contributed by atoms with Gasteiger partial charge in [-0.2, -0.15) is 10.2 Å². The fourth-order valence-corrected chi connectivity index (χ4v) is 2.80. The van der Waals surface area contributed by atoms with Gasteiger partial charge in [0, 0.05) is 30.5 Å². The van der Waals surface area contributed by atoms with Crippen LogP contribution in [0.3, 0.4) is 0 Å². The van der Waals surface area contributed by atoms with Crippen LogP contribution >= 0.6 is 0 Å². The number of para-hydroxylation sites is 1. The second-order valence-corrected chi connectivity index (χ2v) is 5.83. The molecule has 0 saturated heterocycles. The third-order valence-electron chi connectivity index (χ3n) is 3.99. The fraction of sp³-hybridized carbons (Fsp3) is 0.0500. The number of carbonyl (C=O) groups is 1. The van der Waals surface area contributed by atoms with Crippen LogP contribution in [0.4, 0.5) is 5.69 Å². The predicted molar refractivity (Wildman–Crippen MR) is 99.3 cm³/mol. The molecule has 2 aromatic carbocycles. The van der Waals surface area contributed by atoms with Gasteiger partial charge in [0.25, 0.3) is 5.91 Å². The van der Waals surface area contributed by atoms with Crippen molar-refractivity contribution in [2.45, 2.75) is 6.54 Å². The Bertz CT molecular complexity index is 1010. The Labute approximate surface area is 150 Å². The van der Waals surface area contributed by atoms with Gasteiger partial charge in [-0.25, -0.2) is 4.68 Å². The van der Waals surface area contributed by atoms with Crippen LogP contribution < -0.4 is 5.32 Å². The van der Waals surface area contributed by atoms with Gasteiger partial charge in [-0.1, -0.05) is 24.3 Å². The molecule has 2 heterocycles. The quantitative estimate of drug-likeness (QED) is 0.604. The van der Waals surface area contributed by atoms with Gasteiger partial charge >= 0.3 is 0 Å². The normalized spacial score (nSPS) is 10.6. The largest absolute Gasteiger partial charge is 0.322 e. The lowest BCUT2D eigenvalue weighted by Gasteiger charge is -2.11. The second-order valence-electron chi connectivity index (χ2n) is 5.83. The van der Waals surface area contributed by atoms with Gasteiger partial charge in [-0.3, -0.25) is 9.48 Å². The smallest absolute Gasteiger partial charge is 0.257 e. The van der Waals surface area contributed by atoms with Crippen molar-refractivity contribution in [3.05, 3.63) is 96.6 Å². The van der Waals surface area contributed by atoms with Crippen LogP contribution in [0, 0.1) is 0 Å². The van der Waals surface area contributed by atoms with Crippen LogP contribution in [0.2, 0.25) is 0 Å². The van der Waals surface area contributed by atoms with Gasteiger partial charge in [0.15, 0.2) is 0 Å². The van der Waals surface area contributed by atoms with E-state index in [-0.39, 0.29) is 5.91 Å². The van der Waals surface area contributed by atoms with Crippen LogP contribution in [0.5, 0.6) is 0 Å². The standard InChI is InChI=1S/C20H17N5O/c26-20(18-8-1-2-9-19(18)25-13-5-11-22-25)23-17-7-3-6-16(14-17)15-24-12-4-10-21-24/h1-14H,15H2,(H,23,26). The summed E-state index contributed by atoms with van der Waals surface area (Å²) < 4.78 is 3.52. The Morgan fingerprint density at radius 3 is 2.58 bits per heavy atom. The first-order chi connectivity index (χ1) is 12.8. The first kappa shape index (κ1) is 15.8. The summed E-state index contributed by atoms with van der Waals surface area (Å²) in [5.41, 5.74) is 3.11. The second kappa shape index (κ2) is 7.06. The Hall–Kier alpha value is -3.67. The van der Waals surface area contributed by atoms with Crippen molar-refractivity contribution >= 4 is 11.6 Å². The molecule has 0 aliphatic heterocycles. The van der Waals surface area contributed by atoms with E-state index >= 15 is 0 Å². The maximum Gasteiger partial charge on any atom is 0.257 e. The highest BCUT2D eigenvalue weighted by Crippen LogP contribution is 2.17. The van der Waals surface area contributed by atoms with Crippen LogP contribution in [-0.4, -0.2) is 25.5 Å². The summed E-state index contributed by atoms with van der Waals surface area (Å²) in [5, 5.41) is 11.4. The van der Waals surface area contributed by atoms with E-state index in [1.165, 1.54) is 0 Å². The molecular weight excluding hydrogens is 326 g/mol. The zero-order chi connectivity index (χ0) is 17.8. The number of anilines is 1. The Balaban J connectivity index is 1.56. The molecule has 6 nitrogen and oxygen atoms in total. The van der Waals surface area contributed by atoms with E-state index in [9.17, 15) is 4.79 Å². The van der Waals surface area contributed by atoms with Gasteiger partial charge in [0.05, 0.1) is 17.8 Å². The van der Waals surface area contributed by atoms with Crippen molar-refractivity contribution < 1.29 is 4.79 Å². The predicted octanol–water partition coefficient (Wildman–Crippen LogP) is 3.37. The number of benzene rings is 2. The van der Waals surface area contributed by atoms with E-state index in [4.69, 9.17) is 0 Å². The Kier molecular flexibility index (Phi) is 4.30. The molecule has 0 aliphatic carbocycles. The van der Waals surface area contributed by atoms with Crippen LogP contribution in [0.1, 0.15) is 15.9 Å². The molecule has 0 unspecified atom stereocenters. The van der Waals surface area contributed by atoms with Crippen molar-refractivity contribution in [1.82, 2.24) is 19.6 Å². The van der Waals surface area contributed by atoms with Gasteiger partial charge in [-0.15, -0.1) is 0 Å². The Morgan fingerprint density at radius 2 is 1.77 bits per heavy atom. The molecule has 4 rings (SSSR count). The van der Waals surface area contributed by atoms with Crippen molar-refractivity contribution in [3.8, 4) is 5.69 Å². The lowest BCUT2D eigenvalue weighted by molar-refractivity contribution is 0.102. The van der Waals surface area contributed by atoms with E-state index in [0.717, 1.165) is 16.9 Å². The van der Waals surface area contributed by atoms with E-state index in [2.05, 4.69) is 15.5 Å². The summed E-state index contributed by atoms with van der Waals surface area (Å²) >= 11 is 0. The summed E-state index contributed by atoms with van der Waals surface area (Å²) in [5.74, 6) is -0.174. The minimum Gasteiger partial charge on any atom is -0.322 e. The maximum atomic E-state index is 12.8. The minimum atomic E-state index is -0.174. The number of nitrogens with zero attached hydrogens (tertiary/aromatic N) is 4. The van der Waals surface area contributed by atoms with E-state index in [1.54, 1.807) is 23.1 Å². The number of hydrogen-bond donors (Lipinski definition) is 1. The number of hydrogen-bond acceptors (Lipinski definition) is 3. The number of rotatable bonds is 5. The molecule has 1 amide bonds. The molecule has 26 heavy (non-hydrogen) atoms. The van der Waals surface area contributed by atoms with Crippen molar-refractivity contribution in [2.75, 3.05) is 5.32 Å². The summed E-state index contributed by atoms with van der Waals surface area (Å²) in [6.45, 7) is 0.653. The highest BCUT2D eigenvalue weighted by atomic mass is 16.1. The number of carbonyl (C=O) groups excluding carboxylic acids is 1. The molecule has 1 N–H and O–H groups in total. The average Bonchev–Trinajstić information content (AvgIpc) is 3.36. The van der Waals surface area contributed by atoms with E-state index in [1.807, 2.05) is 71.7 Å². The minimum absolute atomic E-state index is 0.174. The maximum absolute atomic E-state index is 12.8. The molecule has 0 saturated carbocycles. The lowest BCUT2D eigenvalue weighted by Crippen LogP contribution is -2.15. The van der Waals surface area contributed by atoms with Crippen molar-refractivity contribution in [3.63, 3.8) is 0 Å². The topological polar surface area (TPSA) is 64.7 Å². The third kappa shape index (κ3) is 3.39. The molecule has 0 bridgehead atoms. The zero-order valence-corrected chi connectivity index (χ0v) is 14.0. The monoisotopic (exact) mass is 343 g/mol. The molecule has 0 fully saturated rings. The van der Waals surface area contributed by atoms with Gasteiger partial charge in [0.2, 0.25) is 0 Å². The molecule has 0 radical (unpaired) electrons. The molecule has 128 valence electrons. The highest BCUT2D eigenvalue weighted by molar-refractivity contribution is 6.06. The lowest BCUT2D eigenvalue weighted by atomic mass is 10.1. The molecule has 0 spiro atoms. The highest BCUT2D eigenvalue weighted by Gasteiger charge is 2.13. The number of aromatic nitrogens is 4. The SMILES string of the molecule is O=C(Nc1cccc(Cn2cccn2)c1)c1ccccc1-n1cccn1. The van der Waals surface area contributed by atoms with Gasteiger partial charge in [0.1, 0.15) is 0 Å². The number of amides is 1. The van der Waals surface area contributed by atoms with Crippen LogP contribution in [0.15, 0.2) is 85.5 Å². The van der Waals surface area contributed by atoms with Gasteiger partial charge in [-0.05, 0) is 42.0 Å². The summed E-state index contributed by atoms with van der Waals surface area (Å²) in [7, 11) is 0. The molecular formula is C20H17N5O. The van der Waals surface area contributed by atoms with Crippen molar-refractivity contribution in [2.24, 2.45) is 0 Å². The zero-order valence-electron chi connectivity index (χ0n) is 14.0. The molecule has 6 heteroatoms. The molecule has 4 aromatic rings. The van der Waals surface area contributed by atoms with E-state index in [0.29, 0.717) is 12.1 Å². The van der Waals surface area contributed by atoms with Crippen molar-refractivity contribution in [1.29, 1.82) is 0 Å². The average molecular weight is 343 g/mol. The first-order valence-corrected chi connectivity index (χ1v) is 8.26. The third-order valence-corrected chi connectivity index (χ3v) is 3.99. The summed E-state index contributed by atoms with van der Waals surface area (Å²) in [4.78, 5) is 12.8. The summed E-state index contributed by atoms with van der Waals surface area (Å²) in [6.07, 6.45) is 7.16. The van der Waals surface area contributed by atoms with Crippen LogP contribution in [0.25, 0.3) is 5.69 Å². The first-order valence-electron chi connectivity index (χ1n) is 8.26. The fourth-order valence-electron chi connectivity index (χ4n) is 2.80. The number of nitrogens with one attached hydrogen (secondary N) is 1. The van der Waals surface area contributed by atoms with Gasteiger partial charge < -0.3 is 5.32 Å². The Morgan fingerprint density at radius 1 is 0.923 bits per heavy atom. The molecule has 0 atom stereocenters. The van der Waals surface area contributed by atoms with E-state index < -0.39 is 0 Å². The molecule has 0 aliphatic rings. The van der Waals surface area contributed by atoms with Crippen LogP contribution in [-0.2, 0) is 6.54 Å². The molecule has 2 aromatic heterocycles. The summed E-state index contributed by atoms with van der Waals surface area (Å²) in [6, 6.07) is 18.9.